The maximum absolute atomic E-state index is 5.95. The zero-order valence-electron chi connectivity index (χ0n) is 11.7. The van der Waals surface area contributed by atoms with Gasteiger partial charge in [-0.15, -0.1) is 0 Å². The Morgan fingerprint density at radius 1 is 0.800 bits per heavy atom. The topological polar surface area (TPSA) is 27.7 Å². The zero-order valence-corrected chi connectivity index (χ0v) is 12.8. The van der Waals surface area contributed by atoms with E-state index in [1.165, 1.54) is 0 Å². The van der Waals surface area contributed by atoms with Gasteiger partial charge in [-0.25, -0.2) is 0 Å². The van der Waals surface area contributed by atoms with Crippen LogP contribution in [0.15, 0.2) is 60.7 Å². The van der Waals surface area contributed by atoms with Crippen molar-refractivity contribution in [3.8, 4) is 11.5 Å². The lowest BCUT2D eigenvalue weighted by Gasteiger charge is -2.35. The van der Waals surface area contributed by atoms with Crippen LogP contribution in [0.5, 0.6) is 11.5 Å². The van der Waals surface area contributed by atoms with Crippen molar-refractivity contribution in [1.29, 1.82) is 0 Å². The van der Waals surface area contributed by atoms with Gasteiger partial charge in [-0.05, 0) is 24.3 Å². The van der Waals surface area contributed by atoms with E-state index in [2.05, 4.69) is 9.47 Å². The third-order valence-electron chi connectivity index (χ3n) is 2.88. The second kappa shape index (κ2) is 6.74. The molecule has 0 saturated heterocycles. The van der Waals surface area contributed by atoms with Crippen LogP contribution in [0.1, 0.15) is 13.8 Å². The Morgan fingerprint density at radius 3 is 1.50 bits per heavy atom. The monoisotopic (exact) mass is 290 g/mol. The Morgan fingerprint density at radius 2 is 1.20 bits per heavy atom. The van der Waals surface area contributed by atoms with E-state index in [1.807, 2.05) is 74.5 Å². The molecule has 3 nitrogen and oxygen atoms in total. The first-order valence-corrected chi connectivity index (χ1v) is 6.99. The lowest BCUT2D eigenvalue weighted by Crippen LogP contribution is -2.48. The summed E-state index contributed by atoms with van der Waals surface area (Å²) < 4.78 is 17.4. The molecular weight excluding hydrogens is 271 g/mol. The van der Waals surface area contributed by atoms with E-state index in [4.69, 9.17) is 14.0 Å². The van der Waals surface area contributed by atoms with E-state index in [0.29, 0.717) is 11.5 Å². The second-order valence-electron chi connectivity index (χ2n) is 4.71. The molecule has 0 radical (unpaired) electrons. The SMILES string of the molecule is CC(C)C(OP)(Oc1ccccc1)Oc1ccccc1. The predicted octanol–water partition coefficient (Wildman–Crippen LogP) is 4.26. The summed E-state index contributed by atoms with van der Waals surface area (Å²) in [6.45, 7) is 3.96. The van der Waals surface area contributed by atoms with E-state index < -0.39 is 5.97 Å². The fourth-order valence-corrected chi connectivity index (χ4v) is 2.11. The molecule has 2 aromatic rings. The van der Waals surface area contributed by atoms with E-state index in [0.717, 1.165) is 0 Å². The van der Waals surface area contributed by atoms with Crippen molar-refractivity contribution >= 4 is 9.47 Å². The molecule has 0 bridgehead atoms. The van der Waals surface area contributed by atoms with Crippen molar-refractivity contribution in [3.05, 3.63) is 60.7 Å². The predicted molar refractivity (Wildman–Crippen MR) is 82.5 cm³/mol. The van der Waals surface area contributed by atoms with Crippen LogP contribution < -0.4 is 9.47 Å². The van der Waals surface area contributed by atoms with Crippen molar-refractivity contribution in [1.82, 2.24) is 0 Å². The van der Waals surface area contributed by atoms with Crippen molar-refractivity contribution in [2.75, 3.05) is 0 Å². The normalized spacial score (nSPS) is 11.4. The minimum atomic E-state index is -1.19. The highest BCUT2D eigenvalue weighted by atomic mass is 31.0. The van der Waals surface area contributed by atoms with E-state index in [1.54, 1.807) is 0 Å². The van der Waals surface area contributed by atoms with Crippen LogP contribution in [0, 0.1) is 5.92 Å². The first-order chi connectivity index (χ1) is 9.66. The summed E-state index contributed by atoms with van der Waals surface area (Å²) in [4.78, 5) is 0. The third kappa shape index (κ3) is 3.50. The van der Waals surface area contributed by atoms with Crippen LogP contribution >= 0.6 is 9.47 Å². The maximum atomic E-state index is 5.95. The molecule has 0 heterocycles. The van der Waals surface area contributed by atoms with Crippen LogP contribution in [0.3, 0.4) is 0 Å². The Hall–Kier alpha value is -1.57. The molecule has 0 aliphatic carbocycles. The van der Waals surface area contributed by atoms with Gasteiger partial charge in [0.2, 0.25) is 0 Å². The maximum Gasteiger partial charge on any atom is 0.376 e. The fourth-order valence-electron chi connectivity index (χ4n) is 1.75. The van der Waals surface area contributed by atoms with Crippen LogP contribution in [-0.4, -0.2) is 5.97 Å². The molecule has 0 fully saturated rings. The van der Waals surface area contributed by atoms with Gasteiger partial charge in [-0.1, -0.05) is 50.2 Å². The quantitative estimate of drug-likeness (QED) is 0.587. The van der Waals surface area contributed by atoms with E-state index in [-0.39, 0.29) is 5.92 Å². The highest BCUT2D eigenvalue weighted by molar-refractivity contribution is 7.09. The van der Waals surface area contributed by atoms with Gasteiger partial charge in [0.1, 0.15) is 11.5 Å². The number of para-hydroxylation sites is 2. The molecule has 2 aromatic carbocycles. The molecule has 0 spiro atoms. The largest absolute Gasteiger partial charge is 0.430 e. The number of ether oxygens (including phenoxy) is 2. The highest BCUT2D eigenvalue weighted by Gasteiger charge is 2.40. The molecule has 106 valence electrons. The summed E-state index contributed by atoms with van der Waals surface area (Å²) in [5.41, 5.74) is 0. The number of hydrogen-bond acceptors (Lipinski definition) is 3. The lowest BCUT2D eigenvalue weighted by atomic mass is 10.1. The summed E-state index contributed by atoms with van der Waals surface area (Å²) >= 11 is 0. The number of hydrogen-bond donors (Lipinski definition) is 0. The first-order valence-electron chi connectivity index (χ1n) is 6.52. The highest BCUT2D eigenvalue weighted by Crippen LogP contribution is 2.31. The summed E-state index contributed by atoms with van der Waals surface area (Å²) in [5, 5.41) is 0. The van der Waals surface area contributed by atoms with E-state index in [9.17, 15) is 0 Å². The standard InChI is InChI=1S/C16H19O3P/c1-13(2)16(19-20,17-14-9-5-3-6-10-14)18-15-11-7-4-8-12-15/h3-13H,20H2,1-2H3. The molecule has 1 unspecified atom stereocenters. The van der Waals surface area contributed by atoms with Gasteiger partial charge >= 0.3 is 5.97 Å². The molecule has 0 aliphatic rings. The van der Waals surface area contributed by atoms with Gasteiger partial charge in [-0.2, -0.15) is 0 Å². The molecule has 0 amide bonds. The fraction of sp³-hybridized carbons (Fsp3) is 0.250. The second-order valence-corrected chi connectivity index (χ2v) is 4.94. The van der Waals surface area contributed by atoms with Gasteiger partial charge in [0.15, 0.2) is 0 Å². The van der Waals surface area contributed by atoms with Crippen LogP contribution in [0.25, 0.3) is 0 Å². The summed E-state index contributed by atoms with van der Waals surface area (Å²) in [7, 11) is 2.23. The molecule has 2 rings (SSSR count). The van der Waals surface area contributed by atoms with Gasteiger partial charge in [0.25, 0.3) is 0 Å². The zero-order chi connectivity index (χ0) is 14.4. The minimum absolute atomic E-state index is 0.0135. The summed E-state index contributed by atoms with van der Waals surface area (Å²) in [6, 6.07) is 19.0. The Labute approximate surface area is 122 Å². The average molecular weight is 290 g/mol. The molecule has 0 N–H and O–H groups in total. The van der Waals surface area contributed by atoms with Crippen molar-refractivity contribution in [2.45, 2.75) is 19.8 Å². The molecule has 0 saturated carbocycles. The van der Waals surface area contributed by atoms with Gasteiger partial charge in [0, 0.05) is 9.47 Å². The van der Waals surface area contributed by atoms with E-state index >= 15 is 0 Å². The molecule has 1 atom stereocenters. The Balaban J connectivity index is 2.26. The van der Waals surface area contributed by atoms with Crippen molar-refractivity contribution in [3.63, 3.8) is 0 Å². The minimum Gasteiger partial charge on any atom is -0.430 e. The number of benzene rings is 2. The van der Waals surface area contributed by atoms with Crippen LogP contribution in [-0.2, 0) is 4.52 Å². The van der Waals surface area contributed by atoms with Gasteiger partial charge < -0.3 is 9.47 Å². The third-order valence-corrected chi connectivity index (χ3v) is 3.21. The first kappa shape index (κ1) is 14.8. The molecule has 4 heteroatoms. The van der Waals surface area contributed by atoms with Gasteiger partial charge in [0.05, 0.1) is 5.92 Å². The average Bonchev–Trinajstić information content (AvgIpc) is 2.48. The number of rotatable bonds is 6. The lowest BCUT2D eigenvalue weighted by molar-refractivity contribution is -0.273. The molecule has 0 aliphatic heterocycles. The van der Waals surface area contributed by atoms with Gasteiger partial charge in [-0.3, -0.25) is 4.52 Å². The van der Waals surface area contributed by atoms with Crippen LogP contribution in [0.2, 0.25) is 0 Å². The molecule has 0 aromatic heterocycles. The van der Waals surface area contributed by atoms with Crippen molar-refractivity contribution < 1.29 is 14.0 Å². The van der Waals surface area contributed by atoms with Crippen molar-refractivity contribution in [2.24, 2.45) is 5.92 Å². The summed E-state index contributed by atoms with van der Waals surface area (Å²) in [5.74, 6) is 0.187. The molecule has 20 heavy (non-hydrogen) atoms. The Bertz CT molecular complexity index is 472. The summed E-state index contributed by atoms with van der Waals surface area (Å²) in [6.07, 6.45) is 0. The Kier molecular flexibility index (Phi) is 4.99. The smallest absolute Gasteiger partial charge is 0.376 e. The molecular formula is C16H19O3P. The van der Waals surface area contributed by atoms with Crippen LogP contribution in [0.4, 0.5) is 0 Å².